The van der Waals surface area contributed by atoms with E-state index in [1.807, 2.05) is 18.2 Å². The number of carbonyl (C=O) groups excluding carboxylic acids is 1. The van der Waals surface area contributed by atoms with Crippen molar-refractivity contribution >= 4 is 22.0 Å². The van der Waals surface area contributed by atoms with E-state index in [1.54, 1.807) is 39.0 Å². The summed E-state index contributed by atoms with van der Waals surface area (Å²) in [5.74, 6) is 0. The first-order chi connectivity index (χ1) is 10.1. The summed E-state index contributed by atoms with van der Waals surface area (Å²) in [6, 6.07) is 6.71. The van der Waals surface area contributed by atoms with Crippen molar-refractivity contribution in [3.05, 3.63) is 35.9 Å². The SMILES string of the molecule is CC(C)(C)OC(=O)NCCC=Cc1cccc(S(C)(=O)=O)c1. The second-order valence-electron chi connectivity index (χ2n) is 5.96. The van der Waals surface area contributed by atoms with Gasteiger partial charge in [0.2, 0.25) is 0 Å². The number of nitrogens with one attached hydrogen (secondary N) is 1. The maximum Gasteiger partial charge on any atom is 0.407 e. The molecule has 22 heavy (non-hydrogen) atoms. The Morgan fingerprint density at radius 3 is 2.59 bits per heavy atom. The third kappa shape index (κ3) is 7.26. The van der Waals surface area contributed by atoms with Crippen LogP contribution in [0.25, 0.3) is 6.08 Å². The minimum Gasteiger partial charge on any atom is -0.444 e. The van der Waals surface area contributed by atoms with Crippen LogP contribution >= 0.6 is 0 Å². The predicted octanol–water partition coefficient (Wildman–Crippen LogP) is 3.02. The monoisotopic (exact) mass is 325 g/mol. The largest absolute Gasteiger partial charge is 0.444 e. The summed E-state index contributed by atoms with van der Waals surface area (Å²) >= 11 is 0. The molecule has 0 unspecified atom stereocenters. The van der Waals surface area contributed by atoms with Crippen LogP contribution in [0.2, 0.25) is 0 Å². The van der Waals surface area contributed by atoms with E-state index < -0.39 is 21.5 Å². The predicted molar refractivity (Wildman–Crippen MR) is 87.4 cm³/mol. The first-order valence-electron chi connectivity index (χ1n) is 7.01. The zero-order chi connectivity index (χ0) is 16.8. The van der Waals surface area contributed by atoms with Gasteiger partial charge in [0.05, 0.1) is 4.90 Å². The van der Waals surface area contributed by atoms with E-state index in [9.17, 15) is 13.2 Å². The van der Waals surface area contributed by atoms with Crippen LogP contribution in [0.1, 0.15) is 32.8 Å². The van der Waals surface area contributed by atoms with Crippen molar-refractivity contribution in [2.24, 2.45) is 0 Å². The number of hydrogen-bond acceptors (Lipinski definition) is 4. The number of ether oxygens (including phenoxy) is 1. The lowest BCUT2D eigenvalue weighted by Crippen LogP contribution is -2.32. The number of carbonyl (C=O) groups is 1. The Bertz CT molecular complexity index is 642. The van der Waals surface area contributed by atoms with Crippen LogP contribution in [-0.4, -0.2) is 32.9 Å². The molecule has 0 bridgehead atoms. The number of benzene rings is 1. The lowest BCUT2D eigenvalue weighted by molar-refractivity contribution is 0.0529. The van der Waals surface area contributed by atoms with Crippen molar-refractivity contribution < 1.29 is 17.9 Å². The quantitative estimate of drug-likeness (QED) is 0.845. The van der Waals surface area contributed by atoms with Gasteiger partial charge in [-0.3, -0.25) is 0 Å². The summed E-state index contributed by atoms with van der Waals surface area (Å²) in [4.78, 5) is 11.7. The summed E-state index contributed by atoms with van der Waals surface area (Å²) < 4.78 is 28.0. The molecule has 0 aliphatic heterocycles. The van der Waals surface area contributed by atoms with E-state index in [0.29, 0.717) is 17.9 Å². The second-order valence-corrected chi connectivity index (χ2v) is 7.98. The summed E-state index contributed by atoms with van der Waals surface area (Å²) in [7, 11) is -3.20. The summed E-state index contributed by atoms with van der Waals surface area (Å²) in [6.07, 6.45) is 5.06. The van der Waals surface area contributed by atoms with Crippen molar-refractivity contribution in [3.8, 4) is 0 Å². The van der Waals surface area contributed by atoms with Crippen LogP contribution in [0.5, 0.6) is 0 Å². The van der Waals surface area contributed by atoms with E-state index in [4.69, 9.17) is 4.74 Å². The van der Waals surface area contributed by atoms with E-state index in [2.05, 4.69) is 5.32 Å². The number of amides is 1. The normalized spacial score (nSPS) is 12.4. The maximum absolute atomic E-state index is 11.5. The van der Waals surface area contributed by atoms with Crippen molar-refractivity contribution in [2.75, 3.05) is 12.8 Å². The van der Waals surface area contributed by atoms with Crippen LogP contribution in [-0.2, 0) is 14.6 Å². The van der Waals surface area contributed by atoms with Gasteiger partial charge in [0.25, 0.3) is 0 Å². The highest BCUT2D eigenvalue weighted by molar-refractivity contribution is 7.90. The Morgan fingerprint density at radius 1 is 1.32 bits per heavy atom. The van der Waals surface area contributed by atoms with Crippen LogP contribution in [0.4, 0.5) is 4.79 Å². The molecular weight excluding hydrogens is 302 g/mol. The number of rotatable bonds is 5. The summed E-state index contributed by atoms with van der Waals surface area (Å²) in [6.45, 7) is 5.88. The van der Waals surface area contributed by atoms with Gasteiger partial charge in [0.1, 0.15) is 5.60 Å². The third-order valence-corrected chi connectivity index (χ3v) is 3.69. The standard InChI is InChI=1S/C16H23NO4S/c1-16(2,3)21-15(18)17-11-6-5-8-13-9-7-10-14(12-13)22(4,19)20/h5,7-10,12H,6,11H2,1-4H3,(H,17,18). The highest BCUT2D eigenvalue weighted by Gasteiger charge is 2.15. The number of hydrogen-bond donors (Lipinski definition) is 1. The fourth-order valence-corrected chi connectivity index (χ4v) is 2.32. The molecule has 0 saturated carbocycles. The maximum atomic E-state index is 11.5. The molecule has 1 aromatic carbocycles. The van der Waals surface area contributed by atoms with Gasteiger partial charge >= 0.3 is 6.09 Å². The van der Waals surface area contributed by atoms with Crippen LogP contribution in [0, 0.1) is 0 Å². The molecule has 6 heteroatoms. The molecule has 1 aromatic rings. The average Bonchev–Trinajstić information content (AvgIpc) is 2.35. The topological polar surface area (TPSA) is 72.5 Å². The van der Waals surface area contributed by atoms with Crippen LogP contribution in [0.15, 0.2) is 35.2 Å². The molecule has 1 N–H and O–H groups in total. The lowest BCUT2D eigenvalue weighted by atomic mass is 10.2. The first kappa shape index (κ1) is 18.2. The first-order valence-corrected chi connectivity index (χ1v) is 8.90. The van der Waals surface area contributed by atoms with Gasteiger partial charge in [-0.25, -0.2) is 13.2 Å². The fourth-order valence-electron chi connectivity index (χ4n) is 1.64. The Labute approximate surface area is 132 Å². The van der Waals surface area contributed by atoms with Gasteiger partial charge in [-0.2, -0.15) is 0 Å². The molecule has 0 fully saturated rings. The van der Waals surface area contributed by atoms with Gasteiger partial charge in [-0.15, -0.1) is 0 Å². The van der Waals surface area contributed by atoms with Crippen molar-refractivity contribution in [3.63, 3.8) is 0 Å². The number of alkyl carbamates (subject to hydrolysis) is 1. The minimum atomic E-state index is -3.20. The highest BCUT2D eigenvalue weighted by atomic mass is 32.2. The molecule has 0 aliphatic carbocycles. The average molecular weight is 325 g/mol. The van der Waals surface area contributed by atoms with Crippen LogP contribution in [0.3, 0.4) is 0 Å². The highest BCUT2D eigenvalue weighted by Crippen LogP contribution is 2.12. The second kappa shape index (κ2) is 7.45. The van der Waals surface area contributed by atoms with E-state index in [0.717, 1.165) is 5.56 Å². The lowest BCUT2D eigenvalue weighted by Gasteiger charge is -2.19. The summed E-state index contributed by atoms with van der Waals surface area (Å²) in [5.41, 5.74) is 0.298. The zero-order valence-electron chi connectivity index (χ0n) is 13.4. The van der Waals surface area contributed by atoms with Crippen LogP contribution < -0.4 is 5.32 Å². The molecule has 0 aliphatic rings. The van der Waals surface area contributed by atoms with Crippen molar-refractivity contribution in [1.29, 1.82) is 0 Å². The Hall–Kier alpha value is -1.82. The van der Waals surface area contributed by atoms with Gasteiger partial charge in [-0.1, -0.05) is 24.3 Å². The Kier molecular flexibility index (Phi) is 6.17. The molecule has 0 atom stereocenters. The molecule has 0 spiro atoms. The molecule has 0 heterocycles. The smallest absolute Gasteiger partial charge is 0.407 e. The zero-order valence-corrected chi connectivity index (χ0v) is 14.2. The van der Waals surface area contributed by atoms with E-state index >= 15 is 0 Å². The van der Waals surface area contributed by atoms with Gasteiger partial charge in [0.15, 0.2) is 9.84 Å². The van der Waals surface area contributed by atoms with E-state index in [-0.39, 0.29) is 0 Å². The van der Waals surface area contributed by atoms with E-state index in [1.165, 1.54) is 6.26 Å². The molecule has 5 nitrogen and oxygen atoms in total. The third-order valence-electron chi connectivity index (χ3n) is 2.58. The molecular formula is C16H23NO4S. The van der Waals surface area contributed by atoms with Gasteiger partial charge < -0.3 is 10.1 Å². The van der Waals surface area contributed by atoms with Crippen molar-refractivity contribution in [1.82, 2.24) is 5.32 Å². The number of sulfone groups is 1. The fraction of sp³-hybridized carbons (Fsp3) is 0.438. The minimum absolute atomic E-state index is 0.293. The molecule has 0 aromatic heterocycles. The molecule has 0 saturated heterocycles. The molecule has 0 radical (unpaired) electrons. The van der Waals surface area contributed by atoms with Crippen molar-refractivity contribution in [2.45, 2.75) is 37.7 Å². The Morgan fingerprint density at radius 2 is 2.00 bits per heavy atom. The molecule has 1 rings (SSSR count). The van der Waals surface area contributed by atoms with Gasteiger partial charge in [-0.05, 0) is 44.9 Å². The molecule has 1 amide bonds. The molecule has 122 valence electrons. The summed E-state index contributed by atoms with van der Waals surface area (Å²) in [5, 5.41) is 2.65. The van der Waals surface area contributed by atoms with Gasteiger partial charge in [0, 0.05) is 12.8 Å². The Balaban J connectivity index is 2.46.